The van der Waals surface area contributed by atoms with E-state index in [0.717, 1.165) is 50.1 Å². The number of piperidine rings is 1. The minimum atomic E-state index is 0. The summed E-state index contributed by atoms with van der Waals surface area (Å²) in [7, 11) is 0. The van der Waals surface area contributed by atoms with Crippen molar-refractivity contribution in [3.63, 3.8) is 0 Å². The van der Waals surface area contributed by atoms with Gasteiger partial charge in [-0.2, -0.15) is 0 Å². The summed E-state index contributed by atoms with van der Waals surface area (Å²) in [4.78, 5) is 11.6. The summed E-state index contributed by atoms with van der Waals surface area (Å²) in [6.45, 7) is 6.55. The fourth-order valence-electron chi connectivity index (χ4n) is 3.13. The molecule has 3 rings (SSSR count). The molecule has 7 heteroatoms. The highest BCUT2D eigenvalue weighted by molar-refractivity contribution is 14.0. The summed E-state index contributed by atoms with van der Waals surface area (Å²) in [5.41, 5.74) is 1.18. The van der Waals surface area contributed by atoms with Gasteiger partial charge in [0, 0.05) is 38.8 Å². The smallest absolute Gasteiger partial charge is 0.191 e. The molecule has 1 aliphatic rings. The van der Waals surface area contributed by atoms with Gasteiger partial charge >= 0.3 is 0 Å². The lowest BCUT2D eigenvalue weighted by atomic mass is 10.1. The molecule has 0 unspecified atom stereocenters. The Labute approximate surface area is 178 Å². The third-order valence-electron chi connectivity index (χ3n) is 4.50. The Bertz CT molecular complexity index is 683. The predicted molar refractivity (Wildman–Crippen MR) is 121 cm³/mol. The first-order chi connectivity index (χ1) is 12.8. The zero-order chi connectivity index (χ0) is 18.0. The van der Waals surface area contributed by atoms with Crippen LogP contribution in [0.1, 0.15) is 37.5 Å². The van der Waals surface area contributed by atoms with Crippen LogP contribution in [-0.4, -0.2) is 37.1 Å². The van der Waals surface area contributed by atoms with Crippen LogP contribution in [-0.2, 0) is 13.0 Å². The SMILES string of the molecule is CCNC(=NCc1ccnc(N2CCCCC2)c1)NCCc1ccco1.I. The van der Waals surface area contributed by atoms with E-state index in [2.05, 4.69) is 33.5 Å². The van der Waals surface area contributed by atoms with Crippen LogP contribution >= 0.6 is 24.0 Å². The largest absolute Gasteiger partial charge is 0.469 e. The second kappa shape index (κ2) is 11.8. The lowest BCUT2D eigenvalue weighted by Crippen LogP contribution is -2.38. The molecule has 0 bridgehead atoms. The molecule has 27 heavy (non-hydrogen) atoms. The molecule has 0 atom stereocenters. The first-order valence-electron chi connectivity index (χ1n) is 9.59. The van der Waals surface area contributed by atoms with Crippen molar-refractivity contribution in [3.8, 4) is 0 Å². The average molecular weight is 483 g/mol. The van der Waals surface area contributed by atoms with Crippen molar-refractivity contribution in [2.24, 2.45) is 4.99 Å². The third kappa shape index (κ3) is 7.04. The molecule has 0 amide bonds. The van der Waals surface area contributed by atoms with Crippen LogP contribution in [0.15, 0.2) is 46.1 Å². The van der Waals surface area contributed by atoms with Crippen LogP contribution in [0.5, 0.6) is 0 Å². The molecule has 1 fully saturated rings. The van der Waals surface area contributed by atoms with Crippen molar-refractivity contribution in [1.29, 1.82) is 0 Å². The number of halogens is 1. The Hall–Kier alpha value is -1.77. The highest BCUT2D eigenvalue weighted by atomic mass is 127. The number of pyridine rings is 1. The van der Waals surface area contributed by atoms with Crippen LogP contribution in [0.3, 0.4) is 0 Å². The molecule has 3 heterocycles. The summed E-state index contributed by atoms with van der Waals surface area (Å²) < 4.78 is 5.36. The molecule has 2 N–H and O–H groups in total. The van der Waals surface area contributed by atoms with Crippen molar-refractivity contribution < 1.29 is 4.42 Å². The Morgan fingerprint density at radius 2 is 2.07 bits per heavy atom. The number of rotatable bonds is 7. The van der Waals surface area contributed by atoms with E-state index in [1.807, 2.05) is 24.4 Å². The molecular weight excluding hydrogens is 453 g/mol. The van der Waals surface area contributed by atoms with Crippen LogP contribution < -0.4 is 15.5 Å². The second-order valence-corrected chi connectivity index (χ2v) is 6.52. The van der Waals surface area contributed by atoms with E-state index in [1.54, 1.807) is 6.26 Å². The second-order valence-electron chi connectivity index (χ2n) is 6.52. The maximum Gasteiger partial charge on any atom is 0.191 e. The van der Waals surface area contributed by atoms with Gasteiger partial charge in [-0.3, -0.25) is 0 Å². The van der Waals surface area contributed by atoms with E-state index in [-0.39, 0.29) is 24.0 Å². The molecular formula is C20H30IN5O. The van der Waals surface area contributed by atoms with Crippen molar-refractivity contribution >= 4 is 35.8 Å². The summed E-state index contributed by atoms with van der Waals surface area (Å²) in [6.07, 6.45) is 8.29. The molecule has 0 spiro atoms. The molecule has 2 aromatic rings. The van der Waals surface area contributed by atoms with Crippen molar-refractivity contribution in [3.05, 3.63) is 48.0 Å². The molecule has 1 aliphatic heterocycles. The van der Waals surface area contributed by atoms with Crippen LogP contribution in [0, 0.1) is 0 Å². The first-order valence-corrected chi connectivity index (χ1v) is 9.59. The monoisotopic (exact) mass is 483 g/mol. The van der Waals surface area contributed by atoms with Crippen LogP contribution in [0.25, 0.3) is 0 Å². The van der Waals surface area contributed by atoms with Crippen molar-refractivity contribution in [1.82, 2.24) is 15.6 Å². The molecule has 148 valence electrons. The van der Waals surface area contributed by atoms with Gasteiger partial charge in [-0.1, -0.05) is 0 Å². The maximum absolute atomic E-state index is 5.36. The van der Waals surface area contributed by atoms with Crippen LogP contribution in [0.2, 0.25) is 0 Å². The molecule has 6 nitrogen and oxygen atoms in total. The first kappa shape index (κ1) is 21.5. The topological polar surface area (TPSA) is 65.7 Å². The van der Waals surface area contributed by atoms with Gasteiger partial charge < -0.3 is 20.0 Å². The Kier molecular flexibility index (Phi) is 9.44. The number of hydrogen-bond acceptors (Lipinski definition) is 4. The number of aliphatic imine (C=N–C) groups is 1. The van der Waals surface area contributed by atoms with Gasteiger partial charge in [0.15, 0.2) is 5.96 Å². The van der Waals surface area contributed by atoms with Gasteiger partial charge in [-0.15, -0.1) is 24.0 Å². The number of aromatic nitrogens is 1. The minimum absolute atomic E-state index is 0. The number of guanidine groups is 1. The number of nitrogens with one attached hydrogen (secondary N) is 2. The molecule has 2 aromatic heterocycles. The summed E-state index contributed by atoms with van der Waals surface area (Å²) in [5.74, 6) is 2.89. The molecule has 0 saturated carbocycles. The number of nitrogens with zero attached hydrogens (tertiary/aromatic N) is 3. The maximum atomic E-state index is 5.36. The molecule has 0 aliphatic carbocycles. The summed E-state index contributed by atoms with van der Waals surface area (Å²) in [6, 6.07) is 8.12. The zero-order valence-corrected chi connectivity index (χ0v) is 18.3. The van der Waals surface area contributed by atoms with Crippen LogP contribution in [0.4, 0.5) is 5.82 Å². The Morgan fingerprint density at radius 3 is 2.81 bits per heavy atom. The van der Waals surface area contributed by atoms with Crippen molar-refractivity contribution in [2.75, 3.05) is 31.1 Å². The lowest BCUT2D eigenvalue weighted by molar-refractivity contribution is 0.507. The zero-order valence-electron chi connectivity index (χ0n) is 16.0. The lowest BCUT2D eigenvalue weighted by Gasteiger charge is -2.27. The average Bonchev–Trinajstić information content (AvgIpc) is 3.20. The molecule has 0 aromatic carbocycles. The predicted octanol–water partition coefficient (Wildman–Crippen LogP) is 3.58. The number of anilines is 1. The van der Waals surface area contributed by atoms with Gasteiger partial charge in [0.25, 0.3) is 0 Å². The van der Waals surface area contributed by atoms with E-state index in [1.165, 1.54) is 24.8 Å². The Morgan fingerprint density at radius 1 is 1.22 bits per heavy atom. The van der Waals surface area contributed by atoms with Gasteiger partial charge in [0.2, 0.25) is 0 Å². The van der Waals surface area contributed by atoms with E-state index >= 15 is 0 Å². The van der Waals surface area contributed by atoms with E-state index in [0.29, 0.717) is 6.54 Å². The van der Waals surface area contributed by atoms with Gasteiger partial charge in [0.05, 0.1) is 12.8 Å². The minimum Gasteiger partial charge on any atom is -0.469 e. The molecule has 1 saturated heterocycles. The standard InChI is InChI=1S/C20H29N5O.HI/c1-2-21-20(23-11-9-18-7-6-14-26-18)24-16-17-8-10-22-19(15-17)25-12-4-3-5-13-25;/h6-8,10,14-15H,2-5,9,11-13,16H2,1H3,(H2,21,23,24);1H. The number of furan rings is 1. The number of hydrogen-bond donors (Lipinski definition) is 2. The third-order valence-corrected chi connectivity index (χ3v) is 4.50. The van der Waals surface area contributed by atoms with E-state index in [4.69, 9.17) is 9.41 Å². The highest BCUT2D eigenvalue weighted by Gasteiger charge is 2.12. The fourth-order valence-corrected chi connectivity index (χ4v) is 3.13. The van der Waals surface area contributed by atoms with Gasteiger partial charge in [-0.25, -0.2) is 9.98 Å². The highest BCUT2D eigenvalue weighted by Crippen LogP contribution is 2.18. The fraction of sp³-hybridized carbons (Fsp3) is 0.500. The van der Waals surface area contributed by atoms with Gasteiger partial charge in [-0.05, 0) is 56.0 Å². The Balaban J connectivity index is 0.00000261. The van der Waals surface area contributed by atoms with Gasteiger partial charge in [0.1, 0.15) is 11.6 Å². The summed E-state index contributed by atoms with van der Waals surface area (Å²) >= 11 is 0. The quantitative estimate of drug-likeness (QED) is 0.358. The summed E-state index contributed by atoms with van der Waals surface area (Å²) in [5, 5.41) is 6.65. The van der Waals surface area contributed by atoms with E-state index in [9.17, 15) is 0 Å². The normalized spacial score (nSPS) is 14.6. The molecule has 0 radical (unpaired) electrons. The van der Waals surface area contributed by atoms with Crippen molar-refractivity contribution in [2.45, 2.75) is 39.2 Å². The van der Waals surface area contributed by atoms with E-state index < -0.39 is 0 Å².